The molecule has 0 aliphatic heterocycles. The van der Waals surface area contributed by atoms with Crippen LogP contribution in [0.1, 0.15) is 62.4 Å². The first-order valence-electron chi connectivity index (χ1n) is 9.01. The molecule has 1 aliphatic rings. The van der Waals surface area contributed by atoms with Crippen LogP contribution >= 0.6 is 11.3 Å². The third-order valence-electron chi connectivity index (χ3n) is 4.38. The number of aryl methyl sites for hydroxylation is 2. The number of carbonyl (C=O) groups excluding carboxylic acids is 2. The summed E-state index contributed by atoms with van der Waals surface area (Å²) >= 11 is 1.48. The molecule has 1 aromatic rings. The molecule has 2 rings (SSSR count). The molecule has 1 heterocycles. The van der Waals surface area contributed by atoms with Gasteiger partial charge in [-0.3, -0.25) is 9.59 Å². The number of hydrogen-bond donors (Lipinski definition) is 1. The summed E-state index contributed by atoms with van der Waals surface area (Å²) in [5.41, 5.74) is 0.942. The number of nitrogens with zero attached hydrogens (tertiary/aromatic N) is 2. The van der Waals surface area contributed by atoms with Crippen LogP contribution in [0.25, 0.3) is 0 Å². The zero-order valence-electron chi connectivity index (χ0n) is 15.1. The quantitative estimate of drug-likeness (QED) is 0.650. The SMILES string of the molecule is CCCCCCC(=O)N(CC(=O)Nc1nc(C)c(C)s1)CC1CC1. The molecule has 5 nitrogen and oxygen atoms in total. The molecule has 1 aromatic heterocycles. The maximum Gasteiger partial charge on any atom is 0.245 e. The van der Waals surface area contributed by atoms with Crippen molar-refractivity contribution < 1.29 is 9.59 Å². The van der Waals surface area contributed by atoms with Crippen LogP contribution in [0.15, 0.2) is 0 Å². The van der Waals surface area contributed by atoms with Gasteiger partial charge in [0.2, 0.25) is 11.8 Å². The Labute approximate surface area is 148 Å². The van der Waals surface area contributed by atoms with Gasteiger partial charge in [0, 0.05) is 17.8 Å². The third kappa shape index (κ3) is 6.23. The maximum atomic E-state index is 12.4. The lowest BCUT2D eigenvalue weighted by Crippen LogP contribution is -2.39. The summed E-state index contributed by atoms with van der Waals surface area (Å²) in [6.45, 7) is 6.94. The molecule has 0 atom stereocenters. The summed E-state index contributed by atoms with van der Waals surface area (Å²) in [6, 6.07) is 0. The van der Waals surface area contributed by atoms with Gasteiger partial charge in [-0.25, -0.2) is 4.98 Å². The van der Waals surface area contributed by atoms with Gasteiger partial charge in [0.05, 0.1) is 12.2 Å². The Hall–Kier alpha value is -1.43. The van der Waals surface area contributed by atoms with E-state index in [-0.39, 0.29) is 18.4 Å². The molecule has 1 N–H and O–H groups in total. The molecule has 1 fully saturated rings. The maximum absolute atomic E-state index is 12.4. The Kier molecular flexibility index (Phi) is 7.21. The summed E-state index contributed by atoms with van der Waals surface area (Å²) in [5.74, 6) is 0.549. The predicted molar refractivity (Wildman–Crippen MR) is 98.3 cm³/mol. The molecule has 0 bridgehead atoms. The molecular formula is C18H29N3O2S. The van der Waals surface area contributed by atoms with Crippen molar-refractivity contribution in [3.63, 3.8) is 0 Å². The van der Waals surface area contributed by atoms with Gasteiger partial charge in [-0.15, -0.1) is 11.3 Å². The van der Waals surface area contributed by atoms with Crippen LogP contribution in [0.3, 0.4) is 0 Å². The van der Waals surface area contributed by atoms with Gasteiger partial charge in [-0.2, -0.15) is 0 Å². The first kappa shape index (κ1) is 18.9. The Morgan fingerprint density at radius 1 is 1.25 bits per heavy atom. The lowest BCUT2D eigenvalue weighted by atomic mass is 10.1. The average molecular weight is 352 g/mol. The summed E-state index contributed by atoms with van der Waals surface area (Å²) in [6.07, 6.45) is 7.23. The highest BCUT2D eigenvalue weighted by Gasteiger charge is 2.27. The summed E-state index contributed by atoms with van der Waals surface area (Å²) in [4.78, 5) is 31.9. The fourth-order valence-corrected chi connectivity index (χ4v) is 3.42. The Morgan fingerprint density at radius 3 is 2.58 bits per heavy atom. The van der Waals surface area contributed by atoms with Gasteiger partial charge in [0.1, 0.15) is 0 Å². The molecule has 0 radical (unpaired) electrons. The van der Waals surface area contributed by atoms with Crippen molar-refractivity contribution in [2.24, 2.45) is 5.92 Å². The molecular weight excluding hydrogens is 322 g/mol. The van der Waals surface area contributed by atoms with Gasteiger partial charge < -0.3 is 10.2 Å². The molecule has 2 amide bonds. The highest BCUT2D eigenvalue weighted by atomic mass is 32.1. The average Bonchev–Trinajstić information content (AvgIpc) is 3.28. The van der Waals surface area contributed by atoms with Gasteiger partial charge in [0.25, 0.3) is 0 Å². The minimum Gasteiger partial charge on any atom is -0.333 e. The van der Waals surface area contributed by atoms with Crippen LogP contribution in [0.4, 0.5) is 5.13 Å². The minimum atomic E-state index is -0.147. The van der Waals surface area contributed by atoms with E-state index in [1.54, 1.807) is 4.90 Å². The standard InChI is InChI=1S/C18H29N3O2S/c1-4-5-6-7-8-17(23)21(11-15-9-10-15)12-16(22)20-18-19-13(2)14(3)24-18/h15H,4-12H2,1-3H3,(H,19,20,22). The Bertz CT molecular complexity index is 547. The van der Waals surface area contributed by atoms with E-state index in [9.17, 15) is 9.59 Å². The molecule has 1 saturated carbocycles. The van der Waals surface area contributed by atoms with Crippen molar-refractivity contribution in [3.05, 3.63) is 10.6 Å². The predicted octanol–water partition coefficient (Wildman–Crippen LogP) is 3.91. The number of hydrogen-bond acceptors (Lipinski definition) is 4. The van der Waals surface area contributed by atoms with Crippen molar-refractivity contribution >= 4 is 28.3 Å². The molecule has 0 aromatic carbocycles. The summed E-state index contributed by atoms with van der Waals surface area (Å²) in [7, 11) is 0. The Morgan fingerprint density at radius 2 is 2.00 bits per heavy atom. The number of anilines is 1. The van der Waals surface area contributed by atoms with E-state index in [1.165, 1.54) is 30.6 Å². The van der Waals surface area contributed by atoms with Crippen molar-refractivity contribution in [2.45, 2.75) is 65.7 Å². The van der Waals surface area contributed by atoms with E-state index >= 15 is 0 Å². The number of amides is 2. The van der Waals surface area contributed by atoms with Crippen LogP contribution in [-0.4, -0.2) is 34.8 Å². The number of aromatic nitrogens is 1. The van der Waals surface area contributed by atoms with E-state index in [1.807, 2.05) is 13.8 Å². The molecule has 1 aliphatic carbocycles. The molecule has 0 unspecified atom stereocenters. The highest BCUT2D eigenvalue weighted by Crippen LogP contribution is 2.30. The number of thiazole rings is 1. The van der Waals surface area contributed by atoms with E-state index < -0.39 is 0 Å². The van der Waals surface area contributed by atoms with Gasteiger partial charge in [-0.05, 0) is 39.0 Å². The minimum absolute atomic E-state index is 0.111. The molecule has 6 heteroatoms. The number of carbonyl (C=O) groups is 2. The van der Waals surface area contributed by atoms with E-state index in [2.05, 4.69) is 17.2 Å². The largest absolute Gasteiger partial charge is 0.333 e. The third-order valence-corrected chi connectivity index (χ3v) is 5.37. The van der Waals surface area contributed by atoms with Crippen LogP contribution in [-0.2, 0) is 9.59 Å². The topological polar surface area (TPSA) is 62.3 Å². The number of rotatable bonds is 10. The van der Waals surface area contributed by atoms with Crippen LogP contribution in [0, 0.1) is 19.8 Å². The lowest BCUT2D eigenvalue weighted by Gasteiger charge is -2.22. The van der Waals surface area contributed by atoms with E-state index in [4.69, 9.17) is 0 Å². The van der Waals surface area contributed by atoms with Crippen molar-refractivity contribution in [1.29, 1.82) is 0 Å². The monoisotopic (exact) mass is 351 g/mol. The molecule has 134 valence electrons. The molecule has 24 heavy (non-hydrogen) atoms. The summed E-state index contributed by atoms with van der Waals surface area (Å²) in [5, 5.41) is 3.46. The summed E-state index contributed by atoms with van der Waals surface area (Å²) < 4.78 is 0. The lowest BCUT2D eigenvalue weighted by molar-refractivity contribution is -0.135. The van der Waals surface area contributed by atoms with Crippen molar-refractivity contribution in [2.75, 3.05) is 18.4 Å². The first-order valence-corrected chi connectivity index (χ1v) is 9.83. The van der Waals surface area contributed by atoms with Crippen LogP contribution < -0.4 is 5.32 Å². The number of nitrogens with one attached hydrogen (secondary N) is 1. The van der Waals surface area contributed by atoms with E-state index in [0.717, 1.165) is 36.4 Å². The first-order chi connectivity index (χ1) is 11.5. The van der Waals surface area contributed by atoms with Crippen LogP contribution in [0.5, 0.6) is 0 Å². The van der Waals surface area contributed by atoms with Gasteiger partial charge in [-0.1, -0.05) is 26.2 Å². The second-order valence-corrected chi connectivity index (χ2v) is 7.94. The van der Waals surface area contributed by atoms with Crippen molar-refractivity contribution in [1.82, 2.24) is 9.88 Å². The van der Waals surface area contributed by atoms with Gasteiger partial charge in [0.15, 0.2) is 5.13 Å². The van der Waals surface area contributed by atoms with E-state index in [0.29, 0.717) is 17.5 Å². The zero-order valence-corrected chi connectivity index (χ0v) is 15.9. The van der Waals surface area contributed by atoms with Gasteiger partial charge >= 0.3 is 0 Å². The van der Waals surface area contributed by atoms with Crippen molar-refractivity contribution in [3.8, 4) is 0 Å². The van der Waals surface area contributed by atoms with Crippen LogP contribution in [0.2, 0.25) is 0 Å². The Balaban J connectivity index is 1.84. The second kappa shape index (κ2) is 9.16. The molecule has 0 spiro atoms. The number of unbranched alkanes of at least 4 members (excludes halogenated alkanes) is 3. The fourth-order valence-electron chi connectivity index (χ4n) is 2.59. The molecule has 0 saturated heterocycles. The fraction of sp³-hybridized carbons (Fsp3) is 0.722. The highest BCUT2D eigenvalue weighted by molar-refractivity contribution is 7.15. The normalized spacial score (nSPS) is 13.8. The zero-order chi connectivity index (χ0) is 17.5. The second-order valence-electron chi connectivity index (χ2n) is 6.74. The smallest absolute Gasteiger partial charge is 0.245 e.